The summed E-state index contributed by atoms with van der Waals surface area (Å²) in [6.07, 6.45) is 7.42. The van der Waals surface area contributed by atoms with Crippen LogP contribution in [0.15, 0.2) is 60.7 Å². The van der Waals surface area contributed by atoms with Gasteiger partial charge in [-0.3, -0.25) is 24.0 Å². The van der Waals surface area contributed by atoms with Crippen molar-refractivity contribution in [3.8, 4) is 0 Å². The zero-order valence-electron chi connectivity index (χ0n) is 38.0. The van der Waals surface area contributed by atoms with Crippen LogP contribution in [-0.4, -0.2) is 41.6 Å². The van der Waals surface area contributed by atoms with Crippen molar-refractivity contribution in [3.05, 3.63) is 71.8 Å². The number of benzene rings is 2. The number of carbonyl (C=O) groups excluding carboxylic acids is 5. The number of carbonyl (C=O) groups is 5. The Labute approximate surface area is 374 Å². The first-order chi connectivity index (χ1) is 27.9. The number of hydrogen-bond acceptors (Lipinski definition) is 9. The molecular formula is C51H80ClNO8. The van der Waals surface area contributed by atoms with E-state index >= 15 is 0 Å². The van der Waals surface area contributed by atoms with Crippen molar-refractivity contribution in [2.24, 2.45) is 53.1 Å². The lowest BCUT2D eigenvalue weighted by molar-refractivity contribution is -0.160. The van der Waals surface area contributed by atoms with Crippen LogP contribution < -0.4 is 5.73 Å². The molecule has 2 aliphatic carbocycles. The van der Waals surface area contributed by atoms with Gasteiger partial charge in [0, 0.05) is 24.7 Å². The molecule has 4 rings (SSSR count). The molecule has 0 bridgehead atoms. The summed E-state index contributed by atoms with van der Waals surface area (Å²) < 4.78 is 16.5. The number of ketones is 2. The highest BCUT2D eigenvalue weighted by molar-refractivity contribution is 5.85. The maximum absolute atomic E-state index is 13.2. The second kappa shape index (κ2) is 27.5. The topological polar surface area (TPSA) is 139 Å². The minimum absolute atomic E-state index is 0. The molecule has 0 spiro atoms. The van der Waals surface area contributed by atoms with Crippen molar-refractivity contribution in [2.45, 2.75) is 165 Å². The summed E-state index contributed by atoms with van der Waals surface area (Å²) in [5.74, 6) is 2.63. The number of esters is 3. The maximum Gasteiger partial charge on any atom is 0.320 e. The second-order valence-electron chi connectivity index (χ2n) is 18.9. The third kappa shape index (κ3) is 19.6. The van der Waals surface area contributed by atoms with Crippen LogP contribution >= 0.6 is 12.4 Å². The van der Waals surface area contributed by atoms with E-state index in [4.69, 9.17) is 19.9 Å². The van der Waals surface area contributed by atoms with Crippen molar-refractivity contribution in [1.82, 2.24) is 0 Å². The molecule has 61 heavy (non-hydrogen) atoms. The summed E-state index contributed by atoms with van der Waals surface area (Å²) in [7, 11) is 0. The fourth-order valence-corrected chi connectivity index (χ4v) is 9.01. The molecule has 2 saturated carbocycles. The Bertz CT molecular complexity index is 1610. The van der Waals surface area contributed by atoms with Gasteiger partial charge < -0.3 is 19.9 Å². The van der Waals surface area contributed by atoms with Crippen LogP contribution in [0, 0.1) is 47.3 Å². The Kier molecular flexibility index (Phi) is 25.0. The molecular weight excluding hydrogens is 790 g/mol. The molecule has 0 heterocycles. The van der Waals surface area contributed by atoms with Crippen LogP contribution in [0.3, 0.4) is 0 Å². The predicted molar refractivity (Wildman–Crippen MR) is 247 cm³/mol. The molecule has 0 radical (unpaired) electrons. The third-order valence-electron chi connectivity index (χ3n) is 12.2. The van der Waals surface area contributed by atoms with E-state index in [1.165, 1.54) is 12.8 Å². The van der Waals surface area contributed by atoms with E-state index in [0.717, 1.165) is 36.8 Å². The van der Waals surface area contributed by atoms with Crippen molar-refractivity contribution < 1.29 is 38.2 Å². The molecule has 0 unspecified atom stereocenters. The second-order valence-corrected chi connectivity index (χ2v) is 18.9. The first-order valence-corrected chi connectivity index (χ1v) is 22.3. The van der Waals surface area contributed by atoms with Crippen molar-refractivity contribution >= 4 is 41.9 Å². The summed E-state index contributed by atoms with van der Waals surface area (Å²) in [6, 6.07) is 19.1. The van der Waals surface area contributed by atoms with Gasteiger partial charge in [-0.05, 0) is 106 Å². The van der Waals surface area contributed by atoms with E-state index in [9.17, 15) is 24.0 Å². The molecule has 2 N–H and O–H groups in total. The van der Waals surface area contributed by atoms with E-state index in [0.29, 0.717) is 67.0 Å². The number of Topliss-reactive ketones (excluding diaryl/α,β-unsaturated/α-hetero) is 2. The quantitative estimate of drug-likeness (QED) is 0.115. The average molecular weight is 871 g/mol. The van der Waals surface area contributed by atoms with Gasteiger partial charge in [0.25, 0.3) is 0 Å². The highest BCUT2D eigenvalue weighted by atomic mass is 35.5. The fraction of sp³-hybridized carbons (Fsp3) is 0.667. The molecule has 2 aromatic rings. The normalized spacial score (nSPS) is 22.2. The van der Waals surface area contributed by atoms with Gasteiger partial charge in [0.15, 0.2) is 0 Å². The number of hydrogen-bond donors (Lipinski definition) is 1. The highest BCUT2D eigenvalue weighted by Crippen LogP contribution is 2.41. The Hall–Kier alpha value is -3.56. The molecule has 2 aromatic carbocycles. The summed E-state index contributed by atoms with van der Waals surface area (Å²) in [5.41, 5.74) is 6.60. The molecule has 2 aliphatic rings. The monoisotopic (exact) mass is 870 g/mol. The van der Waals surface area contributed by atoms with Gasteiger partial charge in [0.1, 0.15) is 29.4 Å². The van der Waals surface area contributed by atoms with Gasteiger partial charge in [0.05, 0.1) is 19.4 Å². The number of ether oxygens (including phenoxy) is 3. The van der Waals surface area contributed by atoms with E-state index < -0.39 is 35.7 Å². The van der Waals surface area contributed by atoms with Crippen LogP contribution in [0.1, 0.15) is 170 Å². The van der Waals surface area contributed by atoms with Crippen molar-refractivity contribution in [1.29, 1.82) is 0 Å². The van der Waals surface area contributed by atoms with Crippen LogP contribution in [0.4, 0.5) is 0 Å². The van der Waals surface area contributed by atoms with E-state index in [1.54, 1.807) is 20.8 Å². The smallest absolute Gasteiger partial charge is 0.320 e. The van der Waals surface area contributed by atoms with Crippen LogP contribution in [0.25, 0.3) is 0 Å². The Balaban J connectivity index is 0.000000606. The Morgan fingerprint density at radius 1 is 0.607 bits per heavy atom. The lowest BCUT2D eigenvalue weighted by atomic mass is 9.68. The van der Waals surface area contributed by atoms with Gasteiger partial charge in [-0.15, -0.1) is 12.4 Å². The van der Waals surface area contributed by atoms with Crippen molar-refractivity contribution in [2.75, 3.05) is 6.54 Å². The summed E-state index contributed by atoms with van der Waals surface area (Å²) in [6.45, 7) is 18.6. The number of rotatable bonds is 18. The van der Waals surface area contributed by atoms with E-state index in [2.05, 4.69) is 41.5 Å². The maximum atomic E-state index is 13.2. The first-order valence-electron chi connectivity index (χ1n) is 22.3. The minimum Gasteiger partial charge on any atom is -0.460 e. The lowest BCUT2D eigenvalue weighted by Gasteiger charge is -2.36. The largest absolute Gasteiger partial charge is 0.460 e. The first kappa shape index (κ1) is 55.5. The van der Waals surface area contributed by atoms with Gasteiger partial charge >= 0.3 is 17.9 Å². The van der Waals surface area contributed by atoms with Crippen LogP contribution in [0.2, 0.25) is 0 Å². The molecule has 0 amide bonds. The van der Waals surface area contributed by atoms with Gasteiger partial charge in [-0.2, -0.15) is 0 Å². The SMILES string of the molecule is C.CC(C)[C@@H]1CC[C@@H](C)C[C@H]1C(=O)CC[C@@H](OC(=O)CCC(=O)OC(C)(C)C)c1ccccc1.CC(C)[C@@H]1CC[C@@H](C)C[C@H]1C(=O)CC[C@@H](OC(=O)CN)c1ccccc1.Cl. The van der Waals surface area contributed by atoms with E-state index in [1.807, 2.05) is 60.7 Å². The van der Waals surface area contributed by atoms with Crippen molar-refractivity contribution in [3.63, 3.8) is 0 Å². The standard InChI is InChI=1S/C28H42O5.C22H33NO3.CH4.ClH/c1-19(2)22-13-12-20(3)18-23(22)24(29)14-15-25(21-10-8-7-9-11-21)32-26(30)16-17-27(31)33-28(4,5)6;1-15(2)18-10-9-16(3)13-19(18)20(24)11-12-21(26-22(25)14-23)17-7-5-4-6-8-17;;/h7-11,19-20,22-23,25H,12-18H2,1-6H3;4-8,15-16,18-19,21H,9-14,23H2,1-3H3;1H4;1H/t20-,22+,23-,25-;16-,18+,19-,21-;;/m11../s1. The van der Waals surface area contributed by atoms with Gasteiger partial charge in [-0.25, -0.2) is 0 Å². The average Bonchev–Trinajstić information content (AvgIpc) is 3.19. The molecule has 9 nitrogen and oxygen atoms in total. The number of halogens is 1. The summed E-state index contributed by atoms with van der Waals surface area (Å²) in [5, 5.41) is 0. The Morgan fingerprint density at radius 2 is 0.984 bits per heavy atom. The summed E-state index contributed by atoms with van der Waals surface area (Å²) in [4.78, 5) is 62.4. The fourth-order valence-electron chi connectivity index (χ4n) is 9.01. The molecule has 8 atom stereocenters. The molecule has 2 fully saturated rings. The minimum atomic E-state index is -0.585. The predicted octanol–water partition coefficient (Wildman–Crippen LogP) is 11.8. The zero-order chi connectivity index (χ0) is 43.7. The molecule has 344 valence electrons. The molecule has 0 aromatic heterocycles. The Morgan fingerprint density at radius 3 is 1.34 bits per heavy atom. The third-order valence-corrected chi connectivity index (χ3v) is 12.2. The lowest BCUT2D eigenvalue weighted by Crippen LogP contribution is -2.33. The van der Waals surface area contributed by atoms with Crippen LogP contribution in [-0.2, 0) is 38.2 Å². The van der Waals surface area contributed by atoms with E-state index in [-0.39, 0.29) is 56.8 Å². The number of nitrogens with two attached hydrogens (primary N) is 1. The summed E-state index contributed by atoms with van der Waals surface area (Å²) >= 11 is 0. The zero-order valence-corrected chi connectivity index (χ0v) is 38.8. The molecule has 0 aliphatic heterocycles. The molecule has 0 saturated heterocycles. The van der Waals surface area contributed by atoms with Gasteiger partial charge in [-0.1, -0.05) is 122 Å². The highest BCUT2D eigenvalue weighted by Gasteiger charge is 2.37. The molecule has 10 heteroatoms. The van der Waals surface area contributed by atoms with Crippen LogP contribution in [0.5, 0.6) is 0 Å². The van der Waals surface area contributed by atoms with Gasteiger partial charge in [0.2, 0.25) is 0 Å².